The third-order valence-corrected chi connectivity index (χ3v) is 6.65. The first-order chi connectivity index (χ1) is 12.4. The van der Waals surface area contributed by atoms with Gasteiger partial charge in [-0.2, -0.15) is 4.31 Å². The van der Waals surface area contributed by atoms with Crippen molar-refractivity contribution in [2.24, 2.45) is 0 Å². The van der Waals surface area contributed by atoms with Gasteiger partial charge in [-0.05, 0) is 31.2 Å². The second kappa shape index (κ2) is 8.50. The van der Waals surface area contributed by atoms with Crippen molar-refractivity contribution in [1.29, 1.82) is 0 Å². The predicted molar refractivity (Wildman–Crippen MR) is 102 cm³/mol. The summed E-state index contributed by atoms with van der Waals surface area (Å²) in [4.78, 5) is 15.1. The van der Waals surface area contributed by atoms with Gasteiger partial charge in [-0.1, -0.05) is 36.8 Å². The standard InChI is InChI=1S/C19H29N3O3S/c1-26(24,25)22-12-6-5-9-18(22)19(23)20-17-10-13-21(14-11-17)15-16-7-3-2-4-8-16/h2-4,7-8,17-18H,5-6,9-15H2,1H3,(H,20,23). The third kappa shape index (κ3) is 5.05. The minimum Gasteiger partial charge on any atom is -0.352 e. The Morgan fingerprint density at radius 3 is 2.42 bits per heavy atom. The van der Waals surface area contributed by atoms with E-state index < -0.39 is 16.1 Å². The van der Waals surface area contributed by atoms with Gasteiger partial charge in [0.2, 0.25) is 15.9 Å². The van der Waals surface area contributed by atoms with E-state index in [1.165, 1.54) is 16.1 Å². The van der Waals surface area contributed by atoms with Gasteiger partial charge in [-0.15, -0.1) is 0 Å². The summed E-state index contributed by atoms with van der Waals surface area (Å²) in [5.41, 5.74) is 1.31. The number of amides is 1. The van der Waals surface area contributed by atoms with Crippen LogP contribution in [0.3, 0.4) is 0 Å². The lowest BCUT2D eigenvalue weighted by molar-refractivity contribution is -0.126. The maximum atomic E-state index is 12.7. The number of rotatable bonds is 5. The molecule has 2 fully saturated rings. The van der Waals surface area contributed by atoms with E-state index in [2.05, 4.69) is 34.5 Å². The number of hydrogen-bond acceptors (Lipinski definition) is 4. The second-order valence-corrected chi connectivity index (χ2v) is 9.36. The van der Waals surface area contributed by atoms with Gasteiger partial charge >= 0.3 is 0 Å². The van der Waals surface area contributed by atoms with Gasteiger partial charge in [0.05, 0.1) is 6.26 Å². The number of benzene rings is 1. The van der Waals surface area contributed by atoms with E-state index >= 15 is 0 Å². The predicted octanol–water partition coefficient (Wildman–Crippen LogP) is 1.58. The number of likely N-dealkylation sites (tertiary alicyclic amines) is 1. The number of nitrogens with zero attached hydrogens (tertiary/aromatic N) is 2. The molecule has 1 N–H and O–H groups in total. The van der Waals surface area contributed by atoms with Crippen LogP contribution < -0.4 is 5.32 Å². The normalized spacial score (nSPS) is 23.7. The molecule has 1 aromatic rings. The molecule has 0 aliphatic carbocycles. The molecule has 2 saturated heterocycles. The van der Waals surface area contributed by atoms with Crippen LogP contribution in [0.4, 0.5) is 0 Å². The molecule has 2 aliphatic rings. The first-order valence-corrected chi connectivity index (χ1v) is 11.3. The molecule has 2 aliphatic heterocycles. The molecule has 0 radical (unpaired) electrons. The lowest BCUT2D eigenvalue weighted by Crippen LogP contribution is -2.54. The van der Waals surface area contributed by atoms with Crippen LogP contribution in [0.5, 0.6) is 0 Å². The van der Waals surface area contributed by atoms with E-state index in [1.807, 2.05) is 6.07 Å². The Hall–Kier alpha value is -1.44. The molecule has 1 atom stereocenters. The van der Waals surface area contributed by atoms with Crippen LogP contribution in [0.1, 0.15) is 37.7 Å². The average Bonchev–Trinajstić information content (AvgIpc) is 2.63. The highest BCUT2D eigenvalue weighted by atomic mass is 32.2. The van der Waals surface area contributed by atoms with Gasteiger partial charge in [-0.3, -0.25) is 9.69 Å². The average molecular weight is 380 g/mol. The molecule has 6 nitrogen and oxygen atoms in total. The summed E-state index contributed by atoms with van der Waals surface area (Å²) in [5.74, 6) is -0.128. The molecule has 144 valence electrons. The van der Waals surface area contributed by atoms with Crippen molar-refractivity contribution in [3.63, 3.8) is 0 Å². The van der Waals surface area contributed by atoms with Crippen LogP contribution in [0, 0.1) is 0 Å². The number of hydrogen-bond donors (Lipinski definition) is 1. The monoisotopic (exact) mass is 379 g/mol. The zero-order valence-corrected chi connectivity index (χ0v) is 16.2. The number of nitrogens with one attached hydrogen (secondary N) is 1. The summed E-state index contributed by atoms with van der Waals surface area (Å²) >= 11 is 0. The van der Waals surface area contributed by atoms with E-state index in [0.717, 1.165) is 45.3 Å². The van der Waals surface area contributed by atoms with Gasteiger partial charge in [0.1, 0.15) is 6.04 Å². The molecule has 1 amide bonds. The second-order valence-electron chi connectivity index (χ2n) is 7.43. The van der Waals surface area contributed by atoms with E-state index in [9.17, 15) is 13.2 Å². The van der Waals surface area contributed by atoms with E-state index in [-0.39, 0.29) is 11.9 Å². The molecule has 2 heterocycles. The summed E-state index contributed by atoms with van der Waals surface area (Å²) in [5, 5.41) is 3.10. The number of carbonyl (C=O) groups is 1. The van der Waals surface area contributed by atoms with Crippen LogP contribution in [0.15, 0.2) is 30.3 Å². The van der Waals surface area contributed by atoms with Crippen LogP contribution in [-0.2, 0) is 21.4 Å². The van der Waals surface area contributed by atoms with Crippen molar-refractivity contribution in [3.8, 4) is 0 Å². The summed E-state index contributed by atoms with van der Waals surface area (Å²) in [6.45, 7) is 3.28. The van der Waals surface area contributed by atoms with Crippen molar-refractivity contribution in [1.82, 2.24) is 14.5 Å². The zero-order valence-electron chi connectivity index (χ0n) is 15.4. The van der Waals surface area contributed by atoms with E-state index in [1.54, 1.807) is 0 Å². The lowest BCUT2D eigenvalue weighted by Gasteiger charge is -2.36. The molecule has 0 spiro atoms. The Morgan fingerprint density at radius 1 is 1.08 bits per heavy atom. The first kappa shape index (κ1) is 19.3. The minimum atomic E-state index is -3.34. The van der Waals surface area contributed by atoms with Gasteiger partial charge < -0.3 is 5.32 Å². The van der Waals surface area contributed by atoms with Crippen molar-refractivity contribution in [3.05, 3.63) is 35.9 Å². The zero-order chi connectivity index (χ0) is 18.6. The Labute approximate surface area is 156 Å². The lowest BCUT2D eigenvalue weighted by atomic mass is 10.0. The van der Waals surface area contributed by atoms with E-state index in [0.29, 0.717) is 13.0 Å². The first-order valence-electron chi connectivity index (χ1n) is 9.47. The molecule has 0 aromatic heterocycles. The van der Waals surface area contributed by atoms with Crippen LogP contribution in [0.25, 0.3) is 0 Å². The summed E-state index contributed by atoms with van der Waals surface area (Å²) in [7, 11) is -3.34. The maximum absolute atomic E-state index is 12.7. The highest BCUT2D eigenvalue weighted by molar-refractivity contribution is 7.88. The maximum Gasteiger partial charge on any atom is 0.238 e. The van der Waals surface area contributed by atoms with E-state index in [4.69, 9.17) is 0 Å². The van der Waals surface area contributed by atoms with Crippen molar-refractivity contribution in [2.45, 2.75) is 50.7 Å². The fraction of sp³-hybridized carbons (Fsp3) is 0.632. The Kier molecular flexibility index (Phi) is 6.32. The van der Waals surface area contributed by atoms with Crippen LogP contribution in [-0.4, -0.2) is 61.5 Å². The van der Waals surface area contributed by atoms with Crippen LogP contribution in [0.2, 0.25) is 0 Å². The fourth-order valence-electron chi connectivity index (χ4n) is 3.94. The van der Waals surface area contributed by atoms with Gasteiger partial charge in [0.15, 0.2) is 0 Å². The van der Waals surface area contributed by atoms with Gasteiger partial charge in [-0.25, -0.2) is 8.42 Å². The SMILES string of the molecule is CS(=O)(=O)N1CCCCC1C(=O)NC1CCN(Cc2ccccc2)CC1. The highest BCUT2D eigenvalue weighted by Crippen LogP contribution is 2.21. The third-order valence-electron chi connectivity index (χ3n) is 5.37. The van der Waals surface area contributed by atoms with Crippen LogP contribution >= 0.6 is 0 Å². The van der Waals surface area contributed by atoms with Gasteiger partial charge in [0.25, 0.3) is 0 Å². The summed E-state index contributed by atoms with van der Waals surface area (Å²) < 4.78 is 25.3. The quantitative estimate of drug-likeness (QED) is 0.843. The van der Waals surface area contributed by atoms with Crippen molar-refractivity contribution >= 4 is 15.9 Å². The highest BCUT2D eigenvalue weighted by Gasteiger charge is 2.35. The van der Waals surface area contributed by atoms with Gasteiger partial charge in [0, 0.05) is 32.2 Å². The summed E-state index contributed by atoms with van der Waals surface area (Å²) in [6.07, 6.45) is 5.36. The fourth-order valence-corrected chi connectivity index (χ4v) is 5.06. The number of carbonyl (C=O) groups excluding carboxylic acids is 1. The Bertz CT molecular complexity index is 700. The Morgan fingerprint density at radius 2 is 1.77 bits per heavy atom. The molecule has 0 saturated carbocycles. The molecule has 0 bridgehead atoms. The molecule has 1 aromatic carbocycles. The molecule has 3 rings (SSSR count). The molecular formula is C19H29N3O3S. The topological polar surface area (TPSA) is 69.7 Å². The smallest absolute Gasteiger partial charge is 0.238 e. The molecule has 26 heavy (non-hydrogen) atoms. The number of sulfonamides is 1. The van der Waals surface area contributed by atoms with Crippen molar-refractivity contribution in [2.75, 3.05) is 25.9 Å². The molecule has 7 heteroatoms. The molecular weight excluding hydrogens is 350 g/mol. The molecule has 1 unspecified atom stereocenters. The Balaban J connectivity index is 1.50. The minimum absolute atomic E-state index is 0.128. The largest absolute Gasteiger partial charge is 0.352 e. The summed E-state index contributed by atoms with van der Waals surface area (Å²) in [6, 6.07) is 10.0. The number of piperidine rings is 2. The van der Waals surface area contributed by atoms with Crippen molar-refractivity contribution < 1.29 is 13.2 Å².